The van der Waals surface area contributed by atoms with E-state index in [1.165, 1.54) is 22.7 Å². The maximum Gasteiger partial charge on any atom is 0.259 e. The molecule has 2 amide bonds. The molecular weight excluding hydrogens is 644 g/mol. The Morgan fingerprint density at radius 1 is 0.811 bits per heavy atom. The summed E-state index contributed by atoms with van der Waals surface area (Å²) in [6.07, 6.45) is 2.09. The molecule has 2 heterocycles. The van der Waals surface area contributed by atoms with E-state index in [0.717, 1.165) is 39.3 Å². The fraction of sp³-hybridized carbons (Fsp3) is 0.250. The van der Waals surface area contributed by atoms with E-state index in [-0.39, 0.29) is 12.3 Å². The molecule has 0 aliphatic rings. The number of aliphatic hydroxyl groups excluding tert-OH is 1. The fourth-order valence-corrected chi connectivity index (χ4v) is 5.86. The van der Waals surface area contributed by atoms with Gasteiger partial charge in [0.15, 0.2) is 6.10 Å². The van der Waals surface area contributed by atoms with Gasteiger partial charge in [-0.2, -0.15) is 0 Å². The Labute approximate surface area is 238 Å². The molecule has 9 nitrogen and oxygen atoms in total. The van der Waals surface area contributed by atoms with Crippen LogP contribution in [0, 0.1) is 0 Å². The van der Waals surface area contributed by atoms with Gasteiger partial charge in [0.05, 0.1) is 6.42 Å². The highest BCUT2D eigenvalue weighted by atomic mass is 79.9. The minimum absolute atomic E-state index is 0.141. The number of nitrogens with one attached hydrogen (secondary N) is 2. The van der Waals surface area contributed by atoms with Crippen molar-refractivity contribution >= 4 is 76.6 Å². The lowest BCUT2D eigenvalue weighted by Crippen LogP contribution is -2.21. The SMILES string of the molecule is O=C(Cc1ccccc1Br)Nc1nnc(CCCCc2nnc(NC(=O)C(O)c3ccccc3Br)s2)s1. The second kappa shape index (κ2) is 13.3. The molecule has 0 aliphatic carbocycles. The first-order valence-electron chi connectivity index (χ1n) is 11.3. The molecule has 13 heteroatoms. The first-order chi connectivity index (χ1) is 17.9. The van der Waals surface area contributed by atoms with Crippen LogP contribution in [0.3, 0.4) is 0 Å². The van der Waals surface area contributed by atoms with E-state index >= 15 is 0 Å². The number of halogens is 2. The first-order valence-corrected chi connectivity index (χ1v) is 14.5. The van der Waals surface area contributed by atoms with Crippen molar-refractivity contribution in [3.8, 4) is 0 Å². The van der Waals surface area contributed by atoms with Crippen LogP contribution in [0.15, 0.2) is 57.5 Å². The third-order valence-corrected chi connectivity index (χ3v) is 8.49. The van der Waals surface area contributed by atoms with Crippen LogP contribution in [-0.2, 0) is 28.9 Å². The summed E-state index contributed by atoms with van der Waals surface area (Å²) in [4.78, 5) is 24.7. The molecule has 192 valence electrons. The van der Waals surface area contributed by atoms with Crippen molar-refractivity contribution < 1.29 is 14.7 Å². The lowest BCUT2D eigenvalue weighted by atomic mass is 10.1. The summed E-state index contributed by atoms with van der Waals surface area (Å²) in [5.41, 5.74) is 1.39. The van der Waals surface area contributed by atoms with Crippen molar-refractivity contribution in [3.05, 3.63) is 78.6 Å². The molecule has 3 N–H and O–H groups in total. The number of aliphatic hydroxyl groups is 1. The molecule has 0 saturated heterocycles. The topological polar surface area (TPSA) is 130 Å². The number of hydrogen-bond donors (Lipinski definition) is 3. The van der Waals surface area contributed by atoms with Gasteiger partial charge in [-0.15, -0.1) is 20.4 Å². The van der Waals surface area contributed by atoms with Gasteiger partial charge in [-0.05, 0) is 30.5 Å². The van der Waals surface area contributed by atoms with Gasteiger partial charge >= 0.3 is 0 Å². The predicted molar refractivity (Wildman–Crippen MR) is 151 cm³/mol. The van der Waals surface area contributed by atoms with Gasteiger partial charge in [-0.25, -0.2) is 0 Å². The summed E-state index contributed by atoms with van der Waals surface area (Å²) in [6, 6.07) is 14.6. The van der Waals surface area contributed by atoms with Gasteiger partial charge in [-0.3, -0.25) is 14.9 Å². The zero-order valence-corrected chi connectivity index (χ0v) is 24.2. The number of carbonyl (C=O) groups is 2. The van der Waals surface area contributed by atoms with E-state index in [1.54, 1.807) is 18.2 Å². The minimum Gasteiger partial charge on any atom is -0.378 e. The Morgan fingerprint density at radius 2 is 1.38 bits per heavy atom. The molecule has 0 fully saturated rings. The molecule has 2 aromatic heterocycles. The first kappa shape index (κ1) is 27.5. The van der Waals surface area contributed by atoms with E-state index in [4.69, 9.17) is 0 Å². The quantitative estimate of drug-likeness (QED) is 0.185. The van der Waals surface area contributed by atoms with Gasteiger partial charge in [0.25, 0.3) is 5.91 Å². The van der Waals surface area contributed by atoms with Gasteiger partial charge in [0.1, 0.15) is 10.0 Å². The van der Waals surface area contributed by atoms with Crippen LogP contribution in [0.4, 0.5) is 10.3 Å². The number of aromatic nitrogens is 4. The maximum atomic E-state index is 12.4. The monoisotopic (exact) mass is 664 g/mol. The standard InChI is InChI=1S/C24H22Br2N6O3S2/c25-16-9-3-1-7-14(16)13-18(33)27-23-31-29-19(36-23)11-5-6-12-20-30-32-24(37-20)28-22(35)21(34)15-8-2-4-10-17(15)26/h1-4,7-10,21,34H,5-6,11-13H2,(H,27,31,33)(H,28,32,35). The summed E-state index contributed by atoms with van der Waals surface area (Å²) in [7, 11) is 0. The lowest BCUT2D eigenvalue weighted by molar-refractivity contribution is -0.124. The summed E-state index contributed by atoms with van der Waals surface area (Å²) >= 11 is 9.44. The second-order valence-corrected chi connectivity index (χ2v) is 11.8. The van der Waals surface area contributed by atoms with E-state index in [0.29, 0.717) is 26.7 Å². The Bertz CT molecular complexity index is 1380. The predicted octanol–water partition coefficient (Wildman–Crippen LogP) is 5.33. The number of carbonyl (C=O) groups excluding carboxylic acids is 2. The minimum atomic E-state index is -1.32. The normalized spacial score (nSPS) is 11.8. The average Bonchev–Trinajstić information content (AvgIpc) is 3.52. The highest BCUT2D eigenvalue weighted by molar-refractivity contribution is 9.10. The highest BCUT2D eigenvalue weighted by Gasteiger charge is 2.21. The Balaban J connectivity index is 1.18. The number of hydrogen-bond acceptors (Lipinski definition) is 9. The van der Waals surface area contributed by atoms with Crippen molar-refractivity contribution in [2.75, 3.05) is 10.6 Å². The molecule has 0 aliphatic heterocycles. The maximum absolute atomic E-state index is 12.4. The Morgan fingerprint density at radius 3 is 2.00 bits per heavy atom. The molecule has 0 spiro atoms. The summed E-state index contributed by atoms with van der Waals surface area (Å²) < 4.78 is 1.55. The number of rotatable bonds is 11. The average molecular weight is 666 g/mol. The van der Waals surface area contributed by atoms with Gasteiger partial charge in [-0.1, -0.05) is 90.9 Å². The molecule has 1 unspecified atom stereocenters. The van der Waals surface area contributed by atoms with Gasteiger partial charge in [0.2, 0.25) is 16.2 Å². The van der Waals surface area contributed by atoms with E-state index < -0.39 is 12.0 Å². The van der Waals surface area contributed by atoms with Crippen molar-refractivity contribution in [2.24, 2.45) is 0 Å². The van der Waals surface area contributed by atoms with E-state index in [9.17, 15) is 14.7 Å². The molecule has 0 bridgehead atoms. The molecular formula is C24H22Br2N6O3S2. The number of unbranched alkanes of at least 4 members (excludes halogenated alkanes) is 1. The Kier molecular flexibility index (Phi) is 9.86. The summed E-state index contributed by atoms with van der Waals surface area (Å²) in [5, 5.41) is 34.6. The molecule has 4 aromatic rings. The number of anilines is 2. The van der Waals surface area contributed by atoms with Crippen molar-refractivity contribution in [1.82, 2.24) is 20.4 Å². The van der Waals surface area contributed by atoms with Crippen LogP contribution >= 0.6 is 54.5 Å². The molecule has 0 saturated carbocycles. The number of benzene rings is 2. The zero-order valence-electron chi connectivity index (χ0n) is 19.4. The van der Waals surface area contributed by atoms with Crippen molar-refractivity contribution in [1.29, 1.82) is 0 Å². The summed E-state index contributed by atoms with van der Waals surface area (Å²) in [6.45, 7) is 0. The summed E-state index contributed by atoms with van der Waals surface area (Å²) in [5.74, 6) is -0.706. The zero-order chi connectivity index (χ0) is 26.2. The molecule has 37 heavy (non-hydrogen) atoms. The van der Waals surface area contributed by atoms with E-state index in [2.05, 4.69) is 62.9 Å². The molecule has 4 rings (SSSR count). The Hall–Kier alpha value is -2.58. The van der Waals surface area contributed by atoms with Crippen LogP contribution in [0.25, 0.3) is 0 Å². The van der Waals surface area contributed by atoms with Crippen molar-refractivity contribution in [3.63, 3.8) is 0 Å². The van der Waals surface area contributed by atoms with Crippen LogP contribution in [0.1, 0.15) is 40.1 Å². The van der Waals surface area contributed by atoms with Gasteiger partial charge in [0, 0.05) is 27.4 Å². The number of aryl methyl sites for hydroxylation is 2. The van der Waals surface area contributed by atoms with Crippen LogP contribution in [-0.4, -0.2) is 37.3 Å². The van der Waals surface area contributed by atoms with Gasteiger partial charge < -0.3 is 10.4 Å². The largest absolute Gasteiger partial charge is 0.378 e. The molecule has 1 atom stereocenters. The lowest BCUT2D eigenvalue weighted by Gasteiger charge is -2.11. The van der Waals surface area contributed by atoms with Crippen molar-refractivity contribution in [2.45, 2.75) is 38.2 Å². The number of amides is 2. The fourth-order valence-electron chi connectivity index (χ4n) is 3.35. The third kappa shape index (κ3) is 7.95. The molecule has 0 radical (unpaired) electrons. The second-order valence-electron chi connectivity index (χ2n) is 7.94. The van der Waals surface area contributed by atoms with Crippen LogP contribution < -0.4 is 10.6 Å². The van der Waals surface area contributed by atoms with E-state index in [1.807, 2.05) is 30.3 Å². The smallest absolute Gasteiger partial charge is 0.259 e. The van der Waals surface area contributed by atoms with Crippen LogP contribution in [0.5, 0.6) is 0 Å². The third-order valence-electron chi connectivity index (χ3n) is 5.20. The molecule has 2 aromatic carbocycles. The number of nitrogens with zero attached hydrogens (tertiary/aromatic N) is 4. The highest BCUT2D eigenvalue weighted by Crippen LogP contribution is 2.26. The van der Waals surface area contributed by atoms with Crippen LogP contribution in [0.2, 0.25) is 0 Å².